The number of amides is 1. The minimum absolute atomic E-state index is 0.103. The molecule has 2 aliphatic heterocycles. The first-order chi connectivity index (χ1) is 14.3. The summed E-state index contributed by atoms with van der Waals surface area (Å²) in [5.74, 6) is 2.85. The van der Waals surface area contributed by atoms with Crippen molar-refractivity contribution in [1.82, 2.24) is 19.8 Å². The van der Waals surface area contributed by atoms with E-state index < -0.39 is 0 Å². The van der Waals surface area contributed by atoms with E-state index in [2.05, 4.69) is 25.5 Å². The van der Waals surface area contributed by atoms with E-state index in [0.29, 0.717) is 48.3 Å². The lowest BCUT2D eigenvalue weighted by atomic mass is 10.2. The smallest absolute Gasteiger partial charge is 0.224 e. The third kappa shape index (κ3) is 3.67. The molecule has 1 N–H and O–H groups in total. The van der Waals surface area contributed by atoms with Gasteiger partial charge in [0.15, 0.2) is 23.0 Å². The Labute approximate surface area is 167 Å². The zero-order valence-electron chi connectivity index (χ0n) is 16.0. The number of ether oxygens (including phenoxy) is 2. The van der Waals surface area contributed by atoms with Crippen molar-refractivity contribution in [2.24, 2.45) is 0 Å². The Hall–Kier alpha value is -3.36. The van der Waals surface area contributed by atoms with Crippen molar-refractivity contribution in [3.05, 3.63) is 36.2 Å². The van der Waals surface area contributed by atoms with E-state index >= 15 is 0 Å². The maximum absolute atomic E-state index is 12.4. The van der Waals surface area contributed by atoms with Crippen LogP contribution in [0.15, 0.2) is 30.3 Å². The number of carbonyl (C=O) groups excluding carboxylic acids is 1. The summed E-state index contributed by atoms with van der Waals surface area (Å²) in [6.45, 7) is 3.09. The molecule has 0 radical (unpaired) electrons. The summed E-state index contributed by atoms with van der Waals surface area (Å²) in [5.41, 5.74) is 1.37. The molecule has 0 unspecified atom stereocenters. The van der Waals surface area contributed by atoms with Gasteiger partial charge in [0.05, 0.1) is 0 Å². The second-order valence-electron chi connectivity index (χ2n) is 7.18. The quantitative estimate of drug-likeness (QED) is 0.708. The maximum Gasteiger partial charge on any atom is 0.224 e. The van der Waals surface area contributed by atoms with Crippen molar-refractivity contribution in [3.8, 4) is 11.5 Å². The van der Waals surface area contributed by atoms with E-state index in [1.165, 1.54) is 12.8 Å². The van der Waals surface area contributed by atoms with Gasteiger partial charge in [-0.2, -0.15) is 4.52 Å². The molecule has 2 aliphatic rings. The second kappa shape index (κ2) is 7.57. The summed E-state index contributed by atoms with van der Waals surface area (Å²) in [5, 5.41) is 16.0. The van der Waals surface area contributed by atoms with Gasteiger partial charge in [-0.3, -0.25) is 4.79 Å². The summed E-state index contributed by atoms with van der Waals surface area (Å²) < 4.78 is 12.8. The molecule has 9 nitrogen and oxygen atoms in total. The van der Waals surface area contributed by atoms with Crippen LogP contribution in [-0.2, 0) is 11.2 Å². The van der Waals surface area contributed by atoms with Gasteiger partial charge in [0.2, 0.25) is 5.91 Å². The van der Waals surface area contributed by atoms with Gasteiger partial charge >= 0.3 is 0 Å². The Morgan fingerprint density at radius 3 is 2.72 bits per heavy atom. The highest BCUT2D eigenvalue weighted by Gasteiger charge is 2.17. The molecule has 9 heteroatoms. The van der Waals surface area contributed by atoms with Crippen LogP contribution >= 0.6 is 0 Å². The molecule has 1 amide bonds. The number of hydrogen-bond acceptors (Lipinski definition) is 7. The van der Waals surface area contributed by atoms with Crippen LogP contribution in [0.25, 0.3) is 5.65 Å². The van der Waals surface area contributed by atoms with Crippen LogP contribution in [0, 0.1) is 0 Å². The van der Waals surface area contributed by atoms with E-state index in [0.717, 1.165) is 18.9 Å². The van der Waals surface area contributed by atoms with Crippen LogP contribution in [0.1, 0.15) is 25.1 Å². The zero-order valence-corrected chi connectivity index (χ0v) is 16.0. The SMILES string of the molecule is O=C(CCc1nnc2ccc(N3CCCC3)nn12)Nc1ccc2c(c1)OCCO2. The number of benzene rings is 1. The van der Waals surface area contributed by atoms with Crippen LogP contribution in [0.4, 0.5) is 11.5 Å². The molecule has 3 aromatic rings. The van der Waals surface area contributed by atoms with Gasteiger partial charge in [-0.1, -0.05) is 0 Å². The fourth-order valence-electron chi connectivity index (χ4n) is 3.66. The van der Waals surface area contributed by atoms with E-state index in [-0.39, 0.29) is 12.3 Å². The highest BCUT2D eigenvalue weighted by molar-refractivity contribution is 5.91. The summed E-state index contributed by atoms with van der Waals surface area (Å²) in [7, 11) is 0. The minimum atomic E-state index is -0.103. The van der Waals surface area contributed by atoms with E-state index in [1.807, 2.05) is 18.2 Å². The molecule has 0 spiro atoms. The highest BCUT2D eigenvalue weighted by atomic mass is 16.6. The molecular formula is C20H22N6O3. The number of aryl methyl sites for hydroxylation is 1. The number of nitrogens with one attached hydrogen (secondary N) is 1. The average Bonchev–Trinajstić information content (AvgIpc) is 3.42. The molecule has 29 heavy (non-hydrogen) atoms. The van der Waals surface area contributed by atoms with Gasteiger partial charge in [0.1, 0.15) is 19.0 Å². The van der Waals surface area contributed by atoms with Crippen LogP contribution in [-0.4, -0.2) is 52.0 Å². The van der Waals surface area contributed by atoms with Crippen molar-refractivity contribution >= 4 is 23.1 Å². The molecule has 150 valence electrons. The van der Waals surface area contributed by atoms with E-state index in [1.54, 1.807) is 16.6 Å². The number of rotatable bonds is 5. The van der Waals surface area contributed by atoms with Crippen LogP contribution < -0.4 is 19.7 Å². The fourth-order valence-corrected chi connectivity index (χ4v) is 3.66. The second-order valence-corrected chi connectivity index (χ2v) is 7.18. The summed E-state index contributed by atoms with van der Waals surface area (Å²) >= 11 is 0. The average molecular weight is 394 g/mol. The Balaban J connectivity index is 1.25. The monoisotopic (exact) mass is 394 g/mol. The summed E-state index contributed by atoms with van der Waals surface area (Å²) in [6, 6.07) is 9.30. The number of fused-ring (bicyclic) bond motifs is 2. The molecule has 1 fully saturated rings. The van der Waals surface area contributed by atoms with Crippen molar-refractivity contribution in [1.29, 1.82) is 0 Å². The molecule has 5 rings (SSSR count). The highest BCUT2D eigenvalue weighted by Crippen LogP contribution is 2.32. The lowest BCUT2D eigenvalue weighted by Crippen LogP contribution is -2.20. The summed E-state index contributed by atoms with van der Waals surface area (Å²) in [6.07, 6.45) is 3.11. The number of aromatic nitrogens is 4. The molecule has 0 aliphatic carbocycles. The zero-order chi connectivity index (χ0) is 19.6. The molecule has 0 saturated carbocycles. The number of nitrogens with zero attached hydrogens (tertiary/aromatic N) is 5. The van der Waals surface area contributed by atoms with Crippen LogP contribution in [0.2, 0.25) is 0 Å². The van der Waals surface area contributed by atoms with Crippen molar-refractivity contribution < 1.29 is 14.3 Å². The van der Waals surface area contributed by atoms with Gasteiger partial charge in [-0.15, -0.1) is 15.3 Å². The van der Waals surface area contributed by atoms with Gasteiger partial charge in [0, 0.05) is 37.7 Å². The number of carbonyl (C=O) groups is 1. The predicted molar refractivity (Wildman–Crippen MR) is 107 cm³/mol. The third-order valence-corrected chi connectivity index (χ3v) is 5.14. The number of hydrogen-bond donors (Lipinski definition) is 1. The summed E-state index contributed by atoms with van der Waals surface area (Å²) in [4.78, 5) is 14.7. The first-order valence-electron chi connectivity index (χ1n) is 9.92. The Kier molecular flexibility index (Phi) is 4.63. The van der Waals surface area contributed by atoms with Gasteiger partial charge in [-0.05, 0) is 37.1 Å². The third-order valence-electron chi connectivity index (χ3n) is 5.14. The molecule has 2 aromatic heterocycles. The fraction of sp³-hybridized carbons (Fsp3) is 0.400. The van der Waals surface area contributed by atoms with Gasteiger partial charge < -0.3 is 19.7 Å². The van der Waals surface area contributed by atoms with E-state index in [4.69, 9.17) is 9.47 Å². The van der Waals surface area contributed by atoms with Gasteiger partial charge in [0.25, 0.3) is 0 Å². The molecular weight excluding hydrogens is 372 g/mol. The van der Waals surface area contributed by atoms with Crippen LogP contribution in [0.5, 0.6) is 11.5 Å². The van der Waals surface area contributed by atoms with Crippen molar-refractivity contribution in [2.75, 3.05) is 36.5 Å². The van der Waals surface area contributed by atoms with Gasteiger partial charge in [-0.25, -0.2) is 0 Å². The first kappa shape index (κ1) is 17.7. The predicted octanol–water partition coefficient (Wildman–Crippen LogP) is 2.07. The van der Waals surface area contributed by atoms with Crippen LogP contribution in [0.3, 0.4) is 0 Å². The molecule has 0 atom stereocenters. The lowest BCUT2D eigenvalue weighted by Gasteiger charge is -2.19. The number of anilines is 2. The minimum Gasteiger partial charge on any atom is -0.486 e. The first-order valence-corrected chi connectivity index (χ1v) is 9.92. The molecule has 1 saturated heterocycles. The molecule has 4 heterocycles. The Morgan fingerprint density at radius 2 is 1.86 bits per heavy atom. The Morgan fingerprint density at radius 1 is 1.03 bits per heavy atom. The van der Waals surface area contributed by atoms with Crippen molar-refractivity contribution in [3.63, 3.8) is 0 Å². The lowest BCUT2D eigenvalue weighted by molar-refractivity contribution is -0.116. The maximum atomic E-state index is 12.4. The van der Waals surface area contributed by atoms with E-state index in [9.17, 15) is 4.79 Å². The van der Waals surface area contributed by atoms with Crippen molar-refractivity contribution in [2.45, 2.75) is 25.7 Å². The Bertz CT molecular complexity index is 1040. The molecule has 1 aromatic carbocycles. The largest absolute Gasteiger partial charge is 0.486 e. The topological polar surface area (TPSA) is 93.9 Å². The standard InChI is InChI=1S/C20H22N6O3/c27-20(21-14-3-4-15-16(13-14)29-12-11-28-15)8-7-18-23-22-17-5-6-19(24-26(17)18)25-9-1-2-10-25/h3-6,13H,1-2,7-12H2,(H,21,27). The normalized spacial score (nSPS) is 15.7. The molecule has 0 bridgehead atoms.